The normalized spacial score (nSPS) is 14.2. The van der Waals surface area contributed by atoms with Crippen LogP contribution in [0.15, 0.2) is 54.6 Å². The van der Waals surface area contributed by atoms with Crippen LogP contribution in [0.4, 0.5) is 26.3 Å². The van der Waals surface area contributed by atoms with Crippen molar-refractivity contribution in [2.75, 3.05) is 39.8 Å². The van der Waals surface area contributed by atoms with Gasteiger partial charge in [0.25, 0.3) is 0 Å². The summed E-state index contributed by atoms with van der Waals surface area (Å²) in [7, 11) is 1.91. The van der Waals surface area contributed by atoms with Gasteiger partial charge in [-0.25, -0.2) is 0 Å². The smallest absolute Gasteiger partial charge is 0.422 e. The van der Waals surface area contributed by atoms with Crippen LogP contribution < -0.4 is 15.4 Å². The fourth-order valence-electron chi connectivity index (χ4n) is 4.13. The number of carbonyl (C=O) groups excluding carboxylic acids is 1. The molecule has 2 saturated heterocycles. The maximum Gasteiger partial charge on any atom is 0.422 e. The predicted octanol–water partition coefficient (Wildman–Crippen LogP) is 5.25. The topological polar surface area (TPSA) is 62.8 Å². The van der Waals surface area contributed by atoms with Crippen molar-refractivity contribution in [3.05, 3.63) is 65.7 Å². The number of ether oxygens (including phenoxy) is 1. The molecule has 0 bridgehead atoms. The second kappa shape index (κ2) is 32.8. The van der Waals surface area contributed by atoms with Gasteiger partial charge in [-0.1, -0.05) is 48.5 Å². The minimum absolute atomic E-state index is 0.188. The van der Waals surface area contributed by atoms with Crippen molar-refractivity contribution in [2.45, 2.75) is 57.4 Å². The van der Waals surface area contributed by atoms with Gasteiger partial charge >= 0.3 is 12.4 Å². The third-order valence-corrected chi connectivity index (χ3v) is 5.79. The number of quaternary nitrogens is 2. The van der Waals surface area contributed by atoms with Crippen molar-refractivity contribution in [1.82, 2.24) is 4.90 Å². The zero-order valence-corrected chi connectivity index (χ0v) is 27.2. The van der Waals surface area contributed by atoms with Gasteiger partial charge in [-0.2, -0.15) is 26.3 Å². The zero-order valence-electron chi connectivity index (χ0n) is 27.2. The van der Waals surface area contributed by atoms with Crippen LogP contribution in [0.2, 0.25) is 0 Å². The average molecular weight is 670 g/mol. The van der Waals surface area contributed by atoms with Crippen LogP contribution in [0.1, 0.15) is 49.7 Å². The second-order valence-electron chi connectivity index (χ2n) is 9.28. The number of terminal acetylenes is 4. The minimum Gasteiger partial charge on any atom is -0.484 e. The largest absolute Gasteiger partial charge is 0.484 e. The number of piperidine rings is 1. The molecule has 4 rings (SSSR count). The van der Waals surface area contributed by atoms with E-state index < -0.39 is 19.0 Å². The van der Waals surface area contributed by atoms with Crippen LogP contribution in [0.25, 0.3) is 0 Å². The summed E-state index contributed by atoms with van der Waals surface area (Å²) >= 11 is 0. The molecule has 0 aliphatic carbocycles. The number of carbonyl (C=O) groups is 1. The molecule has 2 aliphatic rings. The van der Waals surface area contributed by atoms with Crippen molar-refractivity contribution in [3.63, 3.8) is 0 Å². The molecule has 2 aromatic rings. The Bertz CT molecular complexity index is 1010. The van der Waals surface area contributed by atoms with Crippen LogP contribution in [-0.4, -0.2) is 63.5 Å². The molecule has 1 atom stereocenters. The van der Waals surface area contributed by atoms with E-state index in [-0.39, 0.29) is 6.92 Å². The monoisotopic (exact) mass is 669 g/mol. The summed E-state index contributed by atoms with van der Waals surface area (Å²) in [4.78, 5) is 11.9. The molecule has 0 unspecified atom stereocenters. The third-order valence-electron chi connectivity index (χ3n) is 5.79. The number of benzene rings is 2. The summed E-state index contributed by atoms with van der Waals surface area (Å²) in [5.74, 6) is 0.782. The Balaban J connectivity index is -0.000000282. The number of hydrogen-bond donors (Lipinski definition) is 2. The molecule has 47 heavy (non-hydrogen) atoms. The van der Waals surface area contributed by atoms with Gasteiger partial charge in [-0.3, -0.25) is 4.79 Å². The Morgan fingerprint density at radius 3 is 1.66 bits per heavy atom. The van der Waals surface area contributed by atoms with Gasteiger partial charge in [0.15, 0.2) is 6.61 Å². The molecule has 1 amide bonds. The second-order valence-corrected chi connectivity index (χ2v) is 9.28. The molecular formula is C36H49F6N3O2+2. The minimum atomic E-state index is -4.30. The number of alkyl halides is 6. The van der Waals surface area contributed by atoms with Crippen LogP contribution in [0.3, 0.4) is 0 Å². The van der Waals surface area contributed by atoms with Crippen molar-refractivity contribution in [3.8, 4) is 57.1 Å². The van der Waals surface area contributed by atoms with Crippen LogP contribution >= 0.6 is 0 Å². The van der Waals surface area contributed by atoms with Crippen LogP contribution in [0.5, 0.6) is 5.75 Å². The van der Waals surface area contributed by atoms with E-state index in [1.165, 1.54) is 19.3 Å². The standard InChI is InChI=1S/C14H19F3N2O.C6H11NO.C6H6.C2H3F3.4C2H2/c1-18-8-12-11(10-5-6-19-7-10)3-2-4-13(12)20-9-14(15,16)17;8-6-7-4-2-1-3-5-7;1-2-4-6-5-3-1;1-2(3,4)5;4*1-2/h2-4,10,18-19H,5-9H2,1H3;6H,1-5H2;1-6H;1H3;4*1-2H/p+2/t10-;;;;;;;/m0......./s1. The molecule has 11 heteroatoms. The fraction of sp³-hybridized carbons (Fsp3) is 0.417. The molecule has 2 aromatic carbocycles. The Labute approximate surface area is 277 Å². The van der Waals surface area contributed by atoms with Gasteiger partial charge < -0.3 is 20.3 Å². The summed E-state index contributed by atoms with van der Waals surface area (Å²) in [6.45, 7) is 3.62. The van der Waals surface area contributed by atoms with Crippen molar-refractivity contribution in [1.29, 1.82) is 0 Å². The van der Waals surface area contributed by atoms with E-state index in [2.05, 4.69) is 56.7 Å². The van der Waals surface area contributed by atoms with E-state index in [9.17, 15) is 31.1 Å². The maximum atomic E-state index is 12.3. The molecule has 0 saturated carbocycles. The lowest BCUT2D eigenvalue weighted by molar-refractivity contribution is -0.643. The molecule has 4 N–H and O–H groups in total. The summed E-state index contributed by atoms with van der Waals surface area (Å²) in [5, 5.41) is 4.20. The van der Waals surface area contributed by atoms with Crippen molar-refractivity contribution < 1.29 is 46.5 Å². The molecule has 0 spiro atoms. The molecule has 2 heterocycles. The highest BCUT2D eigenvalue weighted by atomic mass is 19.4. The molecule has 0 aromatic heterocycles. The summed E-state index contributed by atoms with van der Waals surface area (Å²) in [5.41, 5.74) is 2.04. The fourth-order valence-corrected chi connectivity index (χ4v) is 4.13. The first-order chi connectivity index (χ1) is 22.4. The molecular weight excluding hydrogens is 620 g/mol. The Morgan fingerprint density at radius 1 is 0.851 bits per heavy atom. The predicted molar refractivity (Wildman–Crippen MR) is 178 cm³/mol. The number of amides is 1. The highest BCUT2D eigenvalue weighted by Gasteiger charge is 2.30. The van der Waals surface area contributed by atoms with E-state index in [4.69, 9.17) is 4.74 Å². The SMILES string of the molecule is C#C.C#C.C#C.C#C.CC(F)(F)F.C[NH2+]Cc1c(OCC(F)(F)F)cccc1[C@H]1CC[NH2+]C1.O=CN1CCCCC1.c1ccccc1. The Morgan fingerprint density at radius 2 is 1.32 bits per heavy atom. The van der Waals surface area contributed by atoms with Gasteiger partial charge in [0.2, 0.25) is 6.41 Å². The maximum absolute atomic E-state index is 12.3. The number of halogens is 6. The van der Waals surface area contributed by atoms with E-state index in [0.717, 1.165) is 50.1 Å². The third kappa shape index (κ3) is 31.2. The van der Waals surface area contributed by atoms with Gasteiger partial charge in [0.1, 0.15) is 12.3 Å². The van der Waals surface area contributed by atoms with Crippen LogP contribution in [0, 0.1) is 51.4 Å². The van der Waals surface area contributed by atoms with E-state index >= 15 is 0 Å². The zero-order chi connectivity index (χ0) is 37.2. The highest BCUT2D eigenvalue weighted by Crippen LogP contribution is 2.30. The van der Waals surface area contributed by atoms with Crippen molar-refractivity contribution >= 4 is 6.41 Å². The number of rotatable bonds is 6. The number of hydrogen-bond acceptors (Lipinski definition) is 2. The summed E-state index contributed by atoms with van der Waals surface area (Å²) in [6.07, 6.45) is 29.4. The summed E-state index contributed by atoms with van der Waals surface area (Å²) in [6, 6.07) is 17.4. The quantitative estimate of drug-likeness (QED) is 0.251. The van der Waals surface area contributed by atoms with Crippen molar-refractivity contribution in [2.24, 2.45) is 0 Å². The molecule has 2 fully saturated rings. The van der Waals surface area contributed by atoms with Gasteiger partial charge in [-0.15, -0.1) is 51.4 Å². The first kappa shape index (κ1) is 49.3. The molecule has 2 aliphatic heterocycles. The highest BCUT2D eigenvalue weighted by molar-refractivity contribution is 5.47. The van der Waals surface area contributed by atoms with Gasteiger partial charge in [0.05, 0.1) is 25.7 Å². The Kier molecular flexibility index (Phi) is 34.5. The van der Waals surface area contributed by atoms with Gasteiger partial charge in [0, 0.05) is 32.4 Å². The van der Waals surface area contributed by atoms with Gasteiger partial charge in [-0.05, 0) is 30.9 Å². The number of likely N-dealkylation sites (tertiary alicyclic amines) is 1. The van der Waals surface area contributed by atoms with Crippen LogP contribution in [-0.2, 0) is 11.3 Å². The number of nitrogens with zero attached hydrogens (tertiary/aromatic N) is 1. The average Bonchev–Trinajstić information content (AvgIpc) is 3.64. The summed E-state index contributed by atoms with van der Waals surface area (Å²) < 4.78 is 73.0. The number of nitrogens with two attached hydrogens (primary N) is 2. The molecule has 5 nitrogen and oxygen atoms in total. The Hall–Kier alpha value is -4.55. The van der Waals surface area contributed by atoms with E-state index in [1.807, 2.05) is 59.7 Å². The van der Waals surface area contributed by atoms with E-state index in [0.29, 0.717) is 18.2 Å². The van der Waals surface area contributed by atoms with E-state index in [1.54, 1.807) is 12.1 Å². The molecule has 260 valence electrons. The lowest BCUT2D eigenvalue weighted by Crippen LogP contribution is -2.81. The first-order valence-corrected chi connectivity index (χ1v) is 14.4. The molecule has 0 radical (unpaired) electrons. The lowest BCUT2D eigenvalue weighted by Gasteiger charge is -2.21. The lowest BCUT2D eigenvalue weighted by atomic mass is 9.93. The first-order valence-electron chi connectivity index (χ1n) is 14.4.